The van der Waals surface area contributed by atoms with Gasteiger partial charge in [0.2, 0.25) is 11.8 Å². The van der Waals surface area contributed by atoms with Crippen molar-refractivity contribution in [2.24, 2.45) is 0 Å². The van der Waals surface area contributed by atoms with E-state index >= 15 is 0 Å². The largest absolute Gasteiger partial charge is 0.352 e. The molecule has 0 aliphatic heterocycles. The summed E-state index contributed by atoms with van der Waals surface area (Å²) in [5.74, 6) is -0.796. The number of carbonyl (C=O) groups excluding carboxylic acids is 2. The first kappa shape index (κ1) is 33.7. The number of halogens is 2. The number of nitrogens with zero attached hydrogens (tertiary/aromatic N) is 2. The number of sulfonamides is 1. The van der Waals surface area contributed by atoms with Gasteiger partial charge in [0, 0.05) is 28.5 Å². The van der Waals surface area contributed by atoms with Crippen LogP contribution in [0.1, 0.15) is 43.2 Å². The molecular weight excluding hydrogens is 686 g/mol. The van der Waals surface area contributed by atoms with Crippen molar-refractivity contribution in [3.63, 3.8) is 0 Å². The lowest BCUT2D eigenvalue weighted by Gasteiger charge is -2.35. The highest BCUT2D eigenvalue weighted by molar-refractivity contribution is 9.10. The summed E-state index contributed by atoms with van der Waals surface area (Å²) in [6.45, 7) is -0.508. The van der Waals surface area contributed by atoms with Crippen molar-refractivity contribution in [3.05, 3.63) is 130 Å². The molecule has 2 amide bonds. The number of rotatable bonds is 12. The molecule has 0 radical (unpaired) electrons. The van der Waals surface area contributed by atoms with E-state index in [4.69, 9.17) is 11.6 Å². The summed E-state index contributed by atoms with van der Waals surface area (Å²) in [5, 5.41) is 3.67. The Morgan fingerprint density at radius 1 is 0.848 bits per heavy atom. The number of amides is 2. The van der Waals surface area contributed by atoms with Gasteiger partial charge >= 0.3 is 0 Å². The predicted octanol–water partition coefficient (Wildman–Crippen LogP) is 7.39. The molecule has 240 valence electrons. The molecule has 1 saturated carbocycles. The van der Waals surface area contributed by atoms with E-state index in [2.05, 4.69) is 21.2 Å². The maximum Gasteiger partial charge on any atom is 0.264 e. The molecule has 5 rings (SSSR count). The zero-order valence-corrected chi connectivity index (χ0v) is 28.6. The summed E-state index contributed by atoms with van der Waals surface area (Å²) < 4.78 is 30.0. The zero-order valence-electron chi connectivity index (χ0n) is 25.4. The Morgan fingerprint density at radius 3 is 2.17 bits per heavy atom. The van der Waals surface area contributed by atoms with Gasteiger partial charge in [0.1, 0.15) is 12.6 Å². The van der Waals surface area contributed by atoms with Crippen molar-refractivity contribution in [1.82, 2.24) is 10.2 Å². The minimum Gasteiger partial charge on any atom is -0.352 e. The van der Waals surface area contributed by atoms with E-state index < -0.39 is 28.5 Å². The number of nitrogens with one attached hydrogen (secondary N) is 1. The van der Waals surface area contributed by atoms with Crippen molar-refractivity contribution in [2.75, 3.05) is 10.8 Å². The molecule has 10 heteroatoms. The summed E-state index contributed by atoms with van der Waals surface area (Å²) >= 11 is 10.0. The van der Waals surface area contributed by atoms with Crippen molar-refractivity contribution >= 4 is 55.1 Å². The minimum atomic E-state index is -4.17. The van der Waals surface area contributed by atoms with Gasteiger partial charge in [-0.3, -0.25) is 13.9 Å². The maximum absolute atomic E-state index is 14.6. The van der Waals surface area contributed by atoms with Gasteiger partial charge in [-0.15, -0.1) is 0 Å². The quantitative estimate of drug-likeness (QED) is 0.165. The van der Waals surface area contributed by atoms with Crippen LogP contribution < -0.4 is 9.62 Å². The second-order valence-electron chi connectivity index (χ2n) is 11.5. The Labute approximate surface area is 284 Å². The second kappa shape index (κ2) is 15.8. The van der Waals surface area contributed by atoms with Crippen LogP contribution in [0.15, 0.2) is 119 Å². The molecule has 4 aromatic carbocycles. The number of benzene rings is 4. The SMILES string of the molecule is O=C(NC1CCCCC1)[C@H](Cc1ccccc1)N(Cc1ccccc1Cl)C(=O)CN(c1cccc(Br)c1)S(=O)(=O)c1ccccc1. The molecule has 1 N–H and O–H groups in total. The normalized spacial score (nSPS) is 14.3. The van der Waals surface area contributed by atoms with E-state index in [0.29, 0.717) is 20.7 Å². The summed E-state index contributed by atoms with van der Waals surface area (Å²) in [6, 6.07) is 30.6. The Balaban J connectivity index is 1.56. The summed E-state index contributed by atoms with van der Waals surface area (Å²) in [4.78, 5) is 30.3. The molecule has 0 aromatic heterocycles. The molecule has 0 bridgehead atoms. The van der Waals surface area contributed by atoms with Crippen LogP contribution in [-0.4, -0.2) is 43.8 Å². The summed E-state index contributed by atoms with van der Waals surface area (Å²) in [5.41, 5.74) is 1.85. The molecule has 1 aliphatic carbocycles. The van der Waals surface area contributed by atoms with Crippen LogP contribution in [-0.2, 0) is 32.6 Å². The third-order valence-electron chi connectivity index (χ3n) is 8.23. The fraction of sp³-hybridized carbons (Fsp3) is 0.278. The van der Waals surface area contributed by atoms with E-state index in [1.807, 2.05) is 42.5 Å². The predicted molar refractivity (Wildman–Crippen MR) is 186 cm³/mol. The number of anilines is 1. The highest BCUT2D eigenvalue weighted by Gasteiger charge is 2.35. The van der Waals surface area contributed by atoms with Crippen molar-refractivity contribution < 1.29 is 18.0 Å². The van der Waals surface area contributed by atoms with Crippen molar-refractivity contribution in [1.29, 1.82) is 0 Å². The molecular formula is C36H37BrClN3O4S. The lowest BCUT2D eigenvalue weighted by Crippen LogP contribution is -2.55. The lowest BCUT2D eigenvalue weighted by molar-refractivity contribution is -0.140. The Morgan fingerprint density at radius 2 is 1.50 bits per heavy atom. The molecule has 1 fully saturated rings. The third-order valence-corrected chi connectivity index (χ3v) is 10.9. The summed E-state index contributed by atoms with van der Waals surface area (Å²) in [7, 11) is -4.17. The molecule has 0 spiro atoms. The van der Waals surface area contributed by atoms with Gasteiger partial charge in [-0.2, -0.15) is 0 Å². The van der Waals surface area contributed by atoms with E-state index in [9.17, 15) is 18.0 Å². The van der Waals surface area contributed by atoms with Gasteiger partial charge in [-0.25, -0.2) is 8.42 Å². The van der Waals surface area contributed by atoms with Crippen LogP contribution in [0.25, 0.3) is 0 Å². The Hall–Kier alpha value is -3.66. The highest BCUT2D eigenvalue weighted by atomic mass is 79.9. The first-order valence-corrected chi connectivity index (χ1v) is 18.0. The highest BCUT2D eigenvalue weighted by Crippen LogP contribution is 2.28. The monoisotopic (exact) mass is 721 g/mol. The lowest BCUT2D eigenvalue weighted by atomic mass is 9.94. The number of hydrogen-bond acceptors (Lipinski definition) is 4. The molecule has 46 heavy (non-hydrogen) atoms. The third kappa shape index (κ3) is 8.57. The van der Waals surface area contributed by atoms with Gasteiger partial charge < -0.3 is 10.2 Å². The van der Waals surface area contributed by atoms with E-state index in [0.717, 1.165) is 42.0 Å². The molecule has 7 nitrogen and oxygen atoms in total. The molecule has 1 aliphatic rings. The topological polar surface area (TPSA) is 86.8 Å². The minimum absolute atomic E-state index is 0.0196. The molecule has 0 heterocycles. The van der Waals surface area contributed by atoms with Crippen LogP contribution in [0, 0.1) is 0 Å². The Kier molecular flexibility index (Phi) is 11.5. The van der Waals surface area contributed by atoms with Crippen LogP contribution >= 0.6 is 27.5 Å². The van der Waals surface area contributed by atoms with Gasteiger partial charge in [0.25, 0.3) is 10.0 Å². The number of carbonyl (C=O) groups is 2. The van der Waals surface area contributed by atoms with E-state index in [1.54, 1.807) is 54.6 Å². The average Bonchev–Trinajstić information content (AvgIpc) is 3.07. The van der Waals surface area contributed by atoms with Gasteiger partial charge in [-0.1, -0.05) is 120 Å². The summed E-state index contributed by atoms with van der Waals surface area (Å²) in [6.07, 6.45) is 5.23. The Bertz CT molecular complexity index is 1730. The van der Waals surface area contributed by atoms with Crippen LogP contribution in [0.3, 0.4) is 0 Å². The molecule has 1 atom stereocenters. The van der Waals surface area contributed by atoms with Gasteiger partial charge in [-0.05, 0) is 60.4 Å². The number of hydrogen-bond donors (Lipinski definition) is 1. The molecule has 0 unspecified atom stereocenters. The maximum atomic E-state index is 14.6. The van der Waals surface area contributed by atoms with E-state index in [-0.39, 0.29) is 29.8 Å². The smallest absolute Gasteiger partial charge is 0.264 e. The van der Waals surface area contributed by atoms with Gasteiger partial charge in [0.15, 0.2) is 0 Å². The molecule has 0 saturated heterocycles. The zero-order chi connectivity index (χ0) is 32.5. The molecule has 4 aromatic rings. The van der Waals surface area contributed by atoms with Crippen molar-refractivity contribution in [2.45, 2.75) is 62.0 Å². The fourth-order valence-corrected chi connectivity index (χ4v) is 7.80. The first-order valence-electron chi connectivity index (χ1n) is 15.4. The van der Waals surface area contributed by atoms with Crippen LogP contribution in [0.4, 0.5) is 5.69 Å². The van der Waals surface area contributed by atoms with Gasteiger partial charge in [0.05, 0.1) is 10.6 Å². The average molecular weight is 723 g/mol. The van der Waals surface area contributed by atoms with E-state index in [1.165, 1.54) is 17.0 Å². The second-order valence-corrected chi connectivity index (χ2v) is 14.7. The van der Waals surface area contributed by atoms with Crippen LogP contribution in [0.5, 0.6) is 0 Å². The van der Waals surface area contributed by atoms with Crippen LogP contribution in [0.2, 0.25) is 5.02 Å². The fourth-order valence-electron chi connectivity index (χ4n) is 5.79. The van der Waals surface area contributed by atoms with Crippen molar-refractivity contribution in [3.8, 4) is 0 Å². The standard InChI is InChI=1S/C36H37BrClN3O4S/c37-29-16-12-19-31(24-29)41(46(44,45)32-20-8-3-9-21-32)26-35(42)40(25-28-15-10-11-22-33(28)38)34(23-27-13-4-1-5-14-27)36(43)39-30-17-6-2-7-18-30/h1,3-5,8-16,19-22,24,30,34H,2,6-7,17-18,23,25-26H2,(H,39,43)/t34-/m0/s1. The first-order chi connectivity index (χ1) is 22.2.